The number of hydrogen-bond donors (Lipinski definition) is 1. The van der Waals surface area contributed by atoms with Crippen LogP contribution in [0.15, 0.2) is 24.4 Å². The number of fused-ring (bicyclic) bond motifs is 1. The van der Waals surface area contributed by atoms with Gasteiger partial charge in [-0.3, -0.25) is 9.78 Å². The molecule has 0 bridgehead atoms. The molecular formula is C17H18ClIN2O4. The fourth-order valence-electron chi connectivity index (χ4n) is 2.10. The zero-order valence-electron chi connectivity index (χ0n) is 14.0. The molecule has 0 radical (unpaired) electrons. The summed E-state index contributed by atoms with van der Waals surface area (Å²) in [5.41, 5.74) is 0.567. The summed E-state index contributed by atoms with van der Waals surface area (Å²) in [6.45, 7) is 4.84. The molecule has 1 heterocycles. The number of pyridine rings is 1. The molecule has 0 saturated carbocycles. The van der Waals surface area contributed by atoms with Gasteiger partial charge in [-0.25, -0.2) is 4.79 Å². The van der Waals surface area contributed by atoms with Gasteiger partial charge in [-0.2, -0.15) is 0 Å². The van der Waals surface area contributed by atoms with E-state index in [1.54, 1.807) is 18.3 Å². The van der Waals surface area contributed by atoms with E-state index in [4.69, 9.17) is 21.1 Å². The van der Waals surface area contributed by atoms with Crippen LogP contribution in [-0.4, -0.2) is 35.6 Å². The highest BCUT2D eigenvalue weighted by molar-refractivity contribution is 14.1. The molecule has 25 heavy (non-hydrogen) atoms. The lowest BCUT2D eigenvalue weighted by Gasteiger charge is -2.16. The molecule has 0 spiro atoms. The minimum Gasteiger partial charge on any atom is -0.478 e. The molecule has 1 unspecified atom stereocenters. The summed E-state index contributed by atoms with van der Waals surface area (Å²) in [5.74, 6) is -0.533. The molecule has 1 N–H and O–H groups in total. The van der Waals surface area contributed by atoms with Crippen molar-refractivity contribution in [2.75, 3.05) is 6.61 Å². The fourth-order valence-corrected chi connectivity index (χ4v) is 3.27. The van der Waals surface area contributed by atoms with Crippen molar-refractivity contribution >= 4 is 57.0 Å². The van der Waals surface area contributed by atoms with E-state index in [0.717, 1.165) is 8.96 Å². The lowest BCUT2D eigenvalue weighted by molar-refractivity contribution is -0.156. The average molecular weight is 477 g/mol. The van der Waals surface area contributed by atoms with Gasteiger partial charge in [0.1, 0.15) is 5.52 Å². The molecule has 1 atom stereocenters. The van der Waals surface area contributed by atoms with Crippen molar-refractivity contribution < 1.29 is 19.1 Å². The van der Waals surface area contributed by atoms with Gasteiger partial charge in [-0.05, 0) is 61.6 Å². The Bertz CT molecular complexity index is 798. The maximum Gasteiger partial charge on any atom is 0.344 e. The average Bonchev–Trinajstić information content (AvgIpc) is 2.54. The van der Waals surface area contributed by atoms with Crippen LogP contribution < -0.4 is 10.1 Å². The standard InChI is InChI=1S/C17H18ClIN2O4/c1-9(2)21-17(23)10(3)25-14(22)8-24-16-13(19)7-12(18)11-5-4-6-20-15(11)16/h4-7,9-10H,8H2,1-3H3,(H,21,23). The summed E-state index contributed by atoms with van der Waals surface area (Å²) in [6.07, 6.45) is 0.732. The Morgan fingerprint density at radius 2 is 2.08 bits per heavy atom. The minimum atomic E-state index is -0.891. The van der Waals surface area contributed by atoms with Gasteiger partial charge in [0.05, 0.1) is 8.59 Å². The first-order valence-electron chi connectivity index (χ1n) is 7.65. The number of carbonyl (C=O) groups is 2. The summed E-state index contributed by atoms with van der Waals surface area (Å²) in [7, 11) is 0. The number of esters is 1. The molecule has 0 aliphatic carbocycles. The molecule has 0 aliphatic rings. The van der Waals surface area contributed by atoms with Crippen LogP contribution >= 0.6 is 34.2 Å². The van der Waals surface area contributed by atoms with Crippen molar-refractivity contribution in [2.24, 2.45) is 0 Å². The van der Waals surface area contributed by atoms with E-state index in [0.29, 0.717) is 16.3 Å². The molecule has 1 aromatic heterocycles. The second kappa shape index (κ2) is 8.66. The number of amides is 1. The normalized spacial score (nSPS) is 12.1. The van der Waals surface area contributed by atoms with Gasteiger partial charge in [-0.15, -0.1) is 0 Å². The Labute approximate surface area is 164 Å². The first kappa shape index (κ1) is 19.7. The van der Waals surface area contributed by atoms with E-state index in [1.165, 1.54) is 6.92 Å². The van der Waals surface area contributed by atoms with Crippen LogP contribution in [0.25, 0.3) is 10.9 Å². The van der Waals surface area contributed by atoms with E-state index in [2.05, 4.69) is 32.9 Å². The van der Waals surface area contributed by atoms with Gasteiger partial charge in [0.15, 0.2) is 18.5 Å². The Morgan fingerprint density at radius 3 is 2.76 bits per heavy atom. The molecular weight excluding hydrogens is 459 g/mol. The van der Waals surface area contributed by atoms with Gasteiger partial charge < -0.3 is 14.8 Å². The summed E-state index contributed by atoms with van der Waals surface area (Å²) < 4.78 is 11.4. The number of carbonyl (C=O) groups excluding carboxylic acids is 2. The Balaban J connectivity index is 2.05. The van der Waals surface area contributed by atoms with Gasteiger partial charge >= 0.3 is 5.97 Å². The largest absolute Gasteiger partial charge is 0.478 e. The van der Waals surface area contributed by atoms with Gasteiger partial charge in [0.25, 0.3) is 5.91 Å². The topological polar surface area (TPSA) is 77.5 Å². The van der Waals surface area contributed by atoms with Crippen molar-refractivity contribution in [2.45, 2.75) is 32.9 Å². The van der Waals surface area contributed by atoms with Crippen LogP contribution in [0, 0.1) is 3.57 Å². The third-order valence-electron chi connectivity index (χ3n) is 3.19. The predicted octanol–water partition coefficient (Wildman–Crippen LogP) is 3.33. The summed E-state index contributed by atoms with van der Waals surface area (Å²) in [5, 5.41) is 3.97. The van der Waals surface area contributed by atoms with Crippen molar-refractivity contribution in [3.05, 3.63) is 33.0 Å². The number of halogens is 2. The summed E-state index contributed by atoms with van der Waals surface area (Å²) >= 11 is 8.27. The van der Waals surface area contributed by atoms with Gasteiger partial charge in [0.2, 0.25) is 0 Å². The maximum atomic E-state index is 12.0. The quantitative estimate of drug-likeness (QED) is 0.511. The van der Waals surface area contributed by atoms with Gasteiger partial charge in [0, 0.05) is 17.6 Å². The summed E-state index contributed by atoms with van der Waals surface area (Å²) in [6, 6.07) is 5.31. The molecule has 2 rings (SSSR count). The Kier molecular flexibility index (Phi) is 6.83. The number of rotatable bonds is 6. The highest BCUT2D eigenvalue weighted by Crippen LogP contribution is 2.34. The van der Waals surface area contributed by atoms with E-state index < -0.39 is 12.1 Å². The number of nitrogens with one attached hydrogen (secondary N) is 1. The van der Waals surface area contributed by atoms with E-state index in [-0.39, 0.29) is 18.6 Å². The number of aromatic nitrogens is 1. The van der Waals surface area contributed by atoms with Crippen LogP contribution in [-0.2, 0) is 14.3 Å². The zero-order chi connectivity index (χ0) is 18.6. The van der Waals surface area contributed by atoms with Crippen molar-refractivity contribution in [1.82, 2.24) is 10.3 Å². The molecule has 1 amide bonds. The predicted molar refractivity (Wildman–Crippen MR) is 104 cm³/mol. The fraction of sp³-hybridized carbons (Fsp3) is 0.353. The zero-order valence-corrected chi connectivity index (χ0v) is 16.9. The number of nitrogens with zero attached hydrogens (tertiary/aromatic N) is 1. The third-order valence-corrected chi connectivity index (χ3v) is 4.31. The van der Waals surface area contributed by atoms with Crippen molar-refractivity contribution in [3.63, 3.8) is 0 Å². The van der Waals surface area contributed by atoms with Crippen LogP contribution in [0.4, 0.5) is 0 Å². The van der Waals surface area contributed by atoms with Crippen LogP contribution in [0.3, 0.4) is 0 Å². The van der Waals surface area contributed by atoms with E-state index >= 15 is 0 Å². The highest BCUT2D eigenvalue weighted by Gasteiger charge is 2.20. The number of hydrogen-bond acceptors (Lipinski definition) is 5. The smallest absolute Gasteiger partial charge is 0.344 e. The molecule has 0 aliphatic heterocycles. The monoisotopic (exact) mass is 476 g/mol. The second-order valence-electron chi connectivity index (χ2n) is 5.65. The second-order valence-corrected chi connectivity index (χ2v) is 7.22. The molecule has 1 aromatic carbocycles. The van der Waals surface area contributed by atoms with Crippen LogP contribution in [0.1, 0.15) is 20.8 Å². The van der Waals surface area contributed by atoms with Crippen molar-refractivity contribution in [3.8, 4) is 5.75 Å². The lowest BCUT2D eigenvalue weighted by atomic mass is 10.2. The number of benzene rings is 1. The lowest BCUT2D eigenvalue weighted by Crippen LogP contribution is -2.40. The van der Waals surface area contributed by atoms with Crippen molar-refractivity contribution in [1.29, 1.82) is 0 Å². The molecule has 0 fully saturated rings. The summed E-state index contributed by atoms with van der Waals surface area (Å²) in [4.78, 5) is 28.0. The SMILES string of the molecule is CC(C)NC(=O)C(C)OC(=O)COc1c(I)cc(Cl)c2cccnc12. The molecule has 6 nitrogen and oxygen atoms in total. The third kappa shape index (κ3) is 5.18. The minimum absolute atomic E-state index is 0.0296. The maximum absolute atomic E-state index is 12.0. The molecule has 8 heteroatoms. The molecule has 134 valence electrons. The van der Waals surface area contributed by atoms with E-state index in [1.807, 2.05) is 19.9 Å². The molecule has 0 saturated heterocycles. The number of ether oxygens (including phenoxy) is 2. The molecule has 2 aromatic rings. The Morgan fingerprint density at radius 1 is 1.36 bits per heavy atom. The van der Waals surface area contributed by atoms with Crippen LogP contribution in [0.5, 0.6) is 5.75 Å². The van der Waals surface area contributed by atoms with Gasteiger partial charge in [-0.1, -0.05) is 11.6 Å². The van der Waals surface area contributed by atoms with Crippen LogP contribution in [0.2, 0.25) is 5.02 Å². The Hall–Kier alpha value is -1.61. The first-order valence-corrected chi connectivity index (χ1v) is 9.10. The first-order chi connectivity index (χ1) is 11.8. The highest BCUT2D eigenvalue weighted by atomic mass is 127. The van der Waals surface area contributed by atoms with E-state index in [9.17, 15) is 9.59 Å².